The van der Waals surface area contributed by atoms with Crippen LogP contribution in [-0.2, 0) is 26.2 Å². The number of aromatic nitrogens is 2. The summed E-state index contributed by atoms with van der Waals surface area (Å²) in [6, 6.07) is 0. The highest BCUT2D eigenvalue weighted by atomic mass is 16.5. The Hall–Kier alpha value is -2.22. The first-order chi connectivity index (χ1) is 14.0. The van der Waals surface area contributed by atoms with Crippen LogP contribution in [0.5, 0.6) is 0 Å². The van der Waals surface area contributed by atoms with Crippen LogP contribution in [-0.4, -0.2) is 71.0 Å². The van der Waals surface area contributed by atoms with Gasteiger partial charge in [-0.05, 0) is 51.0 Å². The van der Waals surface area contributed by atoms with Crippen molar-refractivity contribution in [1.29, 1.82) is 0 Å². The van der Waals surface area contributed by atoms with Crippen molar-refractivity contribution in [2.45, 2.75) is 50.9 Å². The maximum atomic E-state index is 13.3. The maximum absolute atomic E-state index is 13.3. The van der Waals surface area contributed by atoms with Gasteiger partial charge >= 0.3 is 0 Å². The first kappa shape index (κ1) is 20.1. The summed E-state index contributed by atoms with van der Waals surface area (Å²) in [6.07, 6.45) is 7.30. The Balaban J connectivity index is 1.38. The molecule has 3 heterocycles. The summed E-state index contributed by atoms with van der Waals surface area (Å²) in [5, 5.41) is 0. The number of nitrogen functional groups attached to an aromatic ring is 1. The lowest BCUT2D eigenvalue weighted by Gasteiger charge is -2.42. The summed E-state index contributed by atoms with van der Waals surface area (Å²) in [7, 11) is 0. The van der Waals surface area contributed by atoms with Gasteiger partial charge in [0, 0.05) is 50.3 Å². The van der Waals surface area contributed by atoms with Crippen LogP contribution in [0.15, 0.2) is 6.20 Å². The van der Waals surface area contributed by atoms with Gasteiger partial charge in [-0.2, -0.15) is 0 Å². The summed E-state index contributed by atoms with van der Waals surface area (Å²) in [4.78, 5) is 38.0. The Labute approximate surface area is 171 Å². The number of nitrogens with two attached hydrogens (primary N) is 1. The molecule has 8 nitrogen and oxygen atoms in total. The van der Waals surface area contributed by atoms with Gasteiger partial charge in [-0.3, -0.25) is 9.59 Å². The average Bonchev–Trinajstić information content (AvgIpc) is 3.08. The van der Waals surface area contributed by atoms with E-state index >= 15 is 0 Å². The van der Waals surface area contributed by atoms with E-state index in [4.69, 9.17) is 10.5 Å². The number of amides is 2. The Bertz CT molecular complexity index is 774. The molecule has 158 valence electrons. The number of aryl methyl sites for hydroxylation is 1. The van der Waals surface area contributed by atoms with Gasteiger partial charge in [0.05, 0.1) is 5.69 Å². The fraction of sp³-hybridized carbons (Fsp3) is 0.714. The van der Waals surface area contributed by atoms with E-state index in [1.54, 1.807) is 0 Å². The fourth-order valence-electron chi connectivity index (χ4n) is 5.19. The molecule has 0 radical (unpaired) electrons. The molecule has 2 N–H and O–H groups in total. The van der Waals surface area contributed by atoms with Crippen molar-refractivity contribution in [3.8, 4) is 0 Å². The van der Waals surface area contributed by atoms with Crippen molar-refractivity contribution < 1.29 is 14.3 Å². The molecule has 29 heavy (non-hydrogen) atoms. The third kappa shape index (κ3) is 3.95. The van der Waals surface area contributed by atoms with Gasteiger partial charge in [-0.25, -0.2) is 9.97 Å². The van der Waals surface area contributed by atoms with Gasteiger partial charge in [0.15, 0.2) is 0 Å². The van der Waals surface area contributed by atoms with Crippen molar-refractivity contribution in [3.05, 3.63) is 17.5 Å². The average molecular weight is 402 g/mol. The van der Waals surface area contributed by atoms with Crippen LogP contribution in [0.25, 0.3) is 0 Å². The number of rotatable bonds is 4. The normalized spacial score (nSPS) is 24.7. The highest BCUT2D eigenvalue weighted by molar-refractivity contribution is 5.81. The molecular weight excluding hydrogens is 370 g/mol. The SMILES string of the molecule is CCOCC(=O)N1CCC(C(=O)N2CCCC3(CCc4cnc(N)nc43)C2)CC1. The molecule has 0 bridgehead atoms. The van der Waals surface area contributed by atoms with E-state index < -0.39 is 0 Å². The lowest BCUT2D eigenvalue weighted by molar-refractivity contribution is -0.144. The second-order valence-electron chi connectivity index (χ2n) is 8.54. The first-order valence-electron chi connectivity index (χ1n) is 10.8. The minimum Gasteiger partial charge on any atom is -0.372 e. The molecule has 0 saturated carbocycles. The van der Waals surface area contributed by atoms with Crippen LogP contribution in [0.1, 0.15) is 50.3 Å². The second-order valence-corrected chi connectivity index (χ2v) is 8.54. The van der Waals surface area contributed by atoms with Crippen LogP contribution in [0.3, 0.4) is 0 Å². The molecule has 1 spiro atoms. The molecule has 2 aliphatic heterocycles. The largest absolute Gasteiger partial charge is 0.372 e. The summed E-state index contributed by atoms with van der Waals surface area (Å²) >= 11 is 0. The third-order valence-electron chi connectivity index (χ3n) is 6.77. The van der Waals surface area contributed by atoms with Crippen molar-refractivity contribution in [2.24, 2.45) is 5.92 Å². The van der Waals surface area contributed by atoms with Crippen molar-refractivity contribution in [2.75, 3.05) is 45.1 Å². The number of carbonyl (C=O) groups is 2. The first-order valence-corrected chi connectivity index (χ1v) is 10.8. The van der Waals surface area contributed by atoms with Crippen molar-refractivity contribution >= 4 is 17.8 Å². The van der Waals surface area contributed by atoms with E-state index in [-0.39, 0.29) is 29.8 Å². The molecule has 1 aromatic rings. The topological polar surface area (TPSA) is 102 Å². The quantitative estimate of drug-likeness (QED) is 0.812. The smallest absolute Gasteiger partial charge is 0.248 e. The molecule has 2 amide bonds. The van der Waals surface area contributed by atoms with E-state index in [1.165, 1.54) is 5.56 Å². The van der Waals surface area contributed by atoms with Crippen molar-refractivity contribution in [1.82, 2.24) is 19.8 Å². The molecule has 2 fully saturated rings. The molecule has 8 heteroatoms. The number of anilines is 1. The zero-order valence-corrected chi connectivity index (χ0v) is 17.2. The van der Waals surface area contributed by atoms with E-state index in [0.29, 0.717) is 25.6 Å². The Morgan fingerprint density at radius 1 is 1.24 bits per heavy atom. The number of hydrogen-bond donors (Lipinski definition) is 1. The van der Waals surface area contributed by atoms with E-state index in [2.05, 4.69) is 9.97 Å². The molecule has 4 rings (SSSR count). The molecule has 1 atom stereocenters. The zero-order chi connectivity index (χ0) is 20.4. The number of piperidine rings is 2. The number of ether oxygens (including phenoxy) is 1. The zero-order valence-electron chi connectivity index (χ0n) is 17.2. The van der Waals surface area contributed by atoms with Crippen molar-refractivity contribution in [3.63, 3.8) is 0 Å². The van der Waals surface area contributed by atoms with Gasteiger partial charge in [0.1, 0.15) is 6.61 Å². The fourth-order valence-corrected chi connectivity index (χ4v) is 5.19. The Morgan fingerprint density at radius 3 is 2.79 bits per heavy atom. The number of likely N-dealkylation sites (tertiary alicyclic amines) is 2. The summed E-state index contributed by atoms with van der Waals surface area (Å²) in [6.45, 7) is 5.35. The highest BCUT2D eigenvalue weighted by Crippen LogP contribution is 2.44. The van der Waals surface area contributed by atoms with E-state index in [9.17, 15) is 9.59 Å². The minimum atomic E-state index is -0.0749. The summed E-state index contributed by atoms with van der Waals surface area (Å²) in [5.74, 6) is 0.571. The van der Waals surface area contributed by atoms with Crippen LogP contribution >= 0.6 is 0 Å². The second kappa shape index (κ2) is 8.26. The van der Waals surface area contributed by atoms with Gasteiger partial charge in [-0.15, -0.1) is 0 Å². The molecule has 3 aliphatic rings. The van der Waals surface area contributed by atoms with Crippen LogP contribution in [0, 0.1) is 5.92 Å². The molecule has 0 aromatic carbocycles. The standard InChI is InChI=1S/C21H31N5O3/c1-2-29-13-17(27)25-10-5-15(6-11-25)19(28)26-9-3-7-21(14-26)8-4-16-12-23-20(22)24-18(16)21/h12,15H,2-11,13-14H2,1H3,(H2,22,23,24). The minimum absolute atomic E-state index is 0.00219. The lowest BCUT2D eigenvalue weighted by Crippen LogP contribution is -2.51. The van der Waals surface area contributed by atoms with E-state index in [1.807, 2.05) is 22.9 Å². The Morgan fingerprint density at radius 2 is 2.03 bits per heavy atom. The van der Waals surface area contributed by atoms with Crippen LogP contribution < -0.4 is 5.73 Å². The van der Waals surface area contributed by atoms with Gasteiger partial charge in [0.2, 0.25) is 17.8 Å². The van der Waals surface area contributed by atoms with Gasteiger partial charge in [0.25, 0.3) is 0 Å². The molecule has 1 aliphatic carbocycles. The van der Waals surface area contributed by atoms with Crippen LogP contribution in [0.2, 0.25) is 0 Å². The number of nitrogens with zero attached hydrogens (tertiary/aromatic N) is 4. The number of fused-ring (bicyclic) bond motifs is 2. The molecule has 1 aromatic heterocycles. The molecular formula is C21H31N5O3. The monoisotopic (exact) mass is 401 g/mol. The predicted molar refractivity (Wildman–Crippen MR) is 108 cm³/mol. The lowest BCUT2D eigenvalue weighted by atomic mass is 9.77. The molecule has 2 saturated heterocycles. The number of hydrogen-bond acceptors (Lipinski definition) is 6. The maximum Gasteiger partial charge on any atom is 0.248 e. The third-order valence-corrected chi connectivity index (χ3v) is 6.77. The van der Waals surface area contributed by atoms with Gasteiger partial charge < -0.3 is 20.3 Å². The molecule has 1 unspecified atom stereocenters. The Kier molecular flexibility index (Phi) is 5.72. The van der Waals surface area contributed by atoms with Crippen LogP contribution in [0.4, 0.5) is 5.95 Å². The summed E-state index contributed by atoms with van der Waals surface area (Å²) < 4.78 is 5.22. The van der Waals surface area contributed by atoms with E-state index in [0.717, 1.165) is 57.3 Å². The highest BCUT2D eigenvalue weighted by Gasteiger charge is 2.45. The van der Waals surface area contributed by atoms with Gasteiger partial charge in [-0.1, -0.05) is 0 Å². The predicted octanol–water partition coefficient (Wildman–Crippen LogP) is 1.14. The number of carbonyl (C=O) groups excluding carboxylic acids is 2. The summed E-state index contributed by atoms with van der Waals surface area (Å²) in [5.41, 5.74) is 8.01.